The molecule has 0 spiro atoms. The fraction of sp³-hybridized carbons (Fsp3) is 0.294. The van der Waals surface area contributed by atoms with Crippen molar-refractivity contribution in [2.75, 3.05) is 43.4 Å². The molecule has 3 rings (SSSR count). The number of amides is 1. The highest BCUT2D eigenvalue weighted by Crippen LogP contribution is 2.17. The summed E-state index contributed by atoms with van der Waals surface area (Å²) >= 11 is 0. The number of benzene rings is 1. The Bertz CT molecular complexity index is 745. The normalized spacial score (nSPS) is 15.4. The second kappa shape index (κ2) is 6.92. The van der Waals surface area contributed by atoms with E-state index >= 15 is 0 Å². The van der Waals surface area contributed by atoms with Crippen molar-refractivity contribution in [3.05, 3.63) is 53.7 Å². The molecule has 0 saturated carbocycles. The van der Waals surface area contributed by atoms with Crippen molar-refractivity contribution >= 4 is 17.4 Å². The molecule has 24 heavy (non-hydrogen) atoms. The van der Waals surface area contributed by atoms with Gasteiger partial charge in [0.05, 0.1) is 5.69 Å². The molecule has 0 aliphatic carbocycles. The molecule has 1 fully saturated rings. The molecular weight excluding hydrogens is 314 g/mol. The lowest BCUT2D eigenvalue weighted by molar-refractivity contribution is 0.102. The summed E-state index contributed by atoms with van der Waals surface area (Å²) in [5, 5.41) is 2.42. The Kier molecular flexibility index (Phi) is 4.71. The van der Waals surface area contributed by atoms with Crippen molar-refractivity contribution < 1.29 is 13.6 Å². The number of carbonyl (C=O) groups is 1. The third-order valence-corrected chi connectivity index (χ3v) is 3.97. The van der Waals surface area contributed by atoms with Crippen molar-refractivity contribution in [3.63, 3.8) is 0 Å². The van der Waals surface area contributed by atoms with E-state index in [0.717, 1.165) is 44.1 Å². The molecule has 126 valence electrons. The van der Waals surface area contributed by atoms with Crippen LogP contribution in [-0.2, 0) is 0 Å². The van der Waals surface area contributed by atoms with Crippen LogP contribution in [0, 0.1) is 11.6 Å². The van der Waals surface area contributed by atoms with E-state index in [1.54, 1.807) is 12.1 Å². The number of hydrogen-bond donors (Lipinski definition) is 1. The Balaban J connectivity index is 1.74. The summed E-state index contributed by atoms with van der Waals surface area (Å²) in [6.45, 7) is 3.53. The van der Waals surface area contributed by atoms with E-state index in [4.69, 9.17) is 0 Å². The van der Waals surface area contributed by atoms with Crippen LogP contribution in [0.25, 0.3) is 0 Å². The molecule has 0 unspecified atom stereocenters. The summed E-state index contributed by atoms with van der Waals surface area (Å²) in [7, 11) is 2.06. The third-order valence-electron chi connectivity index (χ3n) is 3.97. The second-order valence-corrected chi connectivity index (χ2v) is 5.75. The van der Waals surface area contributed by atoms with Gasteiger partial charge in [-0.15, -0.1) is 0 Å². The van der Waals surface area contributed by atoms with Crippen LogP contribution in [0.4, 0.5) is 20.3 Å². The average molecular weight is 332 g/mol. The highest BCUT2D eigenvalue weighted by atomic mass is 19.1. The number of pyridine rings is 1. The molecule has 1 aromatic carbocycles. The minimum Gasteiger partial charge on any atom is -0.354 e. The first-order valence-electron chi connectivity index (χ1n) is 7.70. The molecule has 1 N–H and O–H groups in total. The van der Waals surface area contributed by atoms with Gasteiger partial charge in [0.1, 0.15) is 23.1 Å². The maximum absolute atomic E-state index is 13.6. The van der Waals surface area contributed by atoms with Crippen LogP contribution >= 0.6 is 0 Å². The predicted molar refractivity (Wildman–Crippen MR) is 88.3 cm³/mol. The summed E-state index contributed by atoms with van der Waals surface area (Å²) in [5.41, 5.74) is 0.114. The number of piperazine rings is 1. The zero-order valence-electron chi connectivity index (χ0n) is 13.3. The standard InChI is InChI=1S/C17H18F2N4O/c1-22-7-9-23(10-8-22)16-4-2-3-15(20-16)17(24)21-14-6-5-12(18)11-13(14)19/h2-6,11H,7-10H2,1H3,(H,21,24). The quantitative estimate of drug-likeness (QED) is 0.937. The molecule has 0 atom stereocenters. The fourth-order valence-corrected chi connectivity index (χ4v) is 2.54. The van der Waals surface area contributed by atoms with E-state index in [1.807, 2.05) is 6.07 Å². The summed E-state index contributed by atoms with van der Waals surface area (Å²) in [4.78, 5) is 21.0. The molecule has 7 heteroatoms. The Morgan fingerprint density at radius 3 is 2.58 bits per heavy atom. The zero-order chi connectivity index (χ0) is 17.1. The summed E-state index contributed by atoms with van der Waals surface area (Å²) in [5.74, 6) is -1.33. The number of rotatable bonds is 3. The SMILES string of the molecule is CN1CCN(c2cccc(C(=O)Nc3ccc(F)cc3F)n2)CC1. The fourth-order valence-electron chi connectivity index (χ4n) is 2.54. The van der Waals surface area contributed by atoms with Gasteiger partial charge in [0.2, 0.25) is 0 Å². The van der Waals surface area contributed by atoms with Gasteiger partial charge in [0.15, 0.2) is 0 Å². The van der Waals surface area contributed by atoms with Gasteiger partial charge in [-0.1, -0.05) is 6.07 Å². The number of likely N-dealkylation sites (N-methyl/N-ethyl adjacent to an activating group) is 1. The molecule has 1 aliphatic rings. The number of nitrogens with zero attached hydrogens (tertiary/aromatic N) is 3. The van der Waals surface area contributed by atoms with Crippen LogP contribution in [0.1, 0.15) is 10.5 Å². The number of carbonyl (C=O) groups excluding carboxylic acids is 1. The first kappa shape index (κ1) is 16.3. The van der Waals surface area contributed by atoms with E-state index in [2.05, 4.69) is 27.1 Å². The van der Waals surface area contributed by atoms with Gasteiger partial charge in [-0.2, -0.15) is 0 Å². The lowest BCUT2D eigenvalue weighted by Gasteiger charge is -2.33. The van der Waals surface area contributed by atoms with Crippen LogP contribution in [-0.4, -0.2) is 49.0 Å². The van der Waals surface area contributed by atoms with E-state index in [0.29, 0.717) is 0 Å². The van der Waals surface area contributed by atoms with Crippen molar-refractivity contribution in [2.45, 2.75) is 0 Å². The Labute approximate surface area is 138 Å². The Morgan fingerprint density at radius 2 is 1.88 bits per heavy atom. The van der Waals surface area contributed by atoms with Gasteiger partial charge in [0, 0.05) is 32.2 Å². The van der Waals surface area contributed by atoms with Gasteiger partial charge in [-0.25, -0.2) is 13.8 Å². The summed E-state index contributed by atoms with van der Waals surface area (Å²) < 4.78 is 26.6. The first-order chi connectivity index (χ1) is 11.5. The largest absolute Gasteiger partial charge is 0.354 e. The van der Waals surface area contributed by atoms with Crippen molar-refractivity contribution in [1.82, 2.24) is 9.88 Å². The van der Waals surface area contributed by atoms with Gasteiger partial charge in [0.25, 0.3) is 5.91 Å². The van der Waals surface area contributed by atoms with E-state index in [9.17, 15) is 13.6 Å². The van der Waals surface area contributed by atoms with Crippen molar-refractivity contribution in [1.29, 1.82) is 0 Å². The van der Waals surface area contributed by atoms with E-state index in [-0.39, 0.29) is 11.4 Å². The third kappa shape index (κ3) is 3.68. The van der Waals surface area contributed by atoms with Crippen LogP contribution in [0.15, 0.2) is 36.4 Å². The molecule has 1 aromatic heterocycles. The Morgan fingerprint density at radius 1 is 1.12 bits per heavy atom. The highest BCUT2D eigenvalue weighted by Gasteiger charge is 2.17. The smallest absolute Gasteiger partial charge is 0.274 e. The first-order valence-corrected chi connectivity index (χ1v) is 7.70. The van der Waals surface area contributed by atoms with Gasteiger partial charge >= 0.3 is 0 Å². The van der Waals surface area contributed by atoms with E-state index in [1.165, 1.54) is 6.07 Å². The van der Waals surface area contributed by atoms with Crippen LogP contribution in [0.3, 0.4) is 0 Å². The molecule has 2 aromatic rings. The Hall–Kier alpha value is -2.54. The number of anilines is 2. The average Bonchev–Trinajstić information content (AvgIpc) is 2.58. The molecule has 2 heterocycles. The van der Waals surface area contributed by atoms with E-state index < -0.39 is 17.5 Å². The monoisotopic (exact) mass is 332 g/mol. The molecule has 0 bridgehead atoms. The number of halogens is 2. The molecule has 5 nitrogen and oxygen atoms in total. The summed E-state index contributed by atoms with van der Waals surface area (Å²) in [6, 6.07) is 8.16. The number of aromatic nitrogens is 1. The second-order valence-electron chi connectivity index (χ2n) is 5.75. The minimum atomic E-state index is -0.821. The van der Waals surface area contributed by atoms with Crippen LogP contribution in [0.2, 0.25) is 0 Å². The van der Waals surface area contributed by atoms with Crippen LogP contribution < -0.4 is 10.2 Å². The molecular formula is C17H18F2N4O. The predicted octanol–water partition coefficient (Wildman–Crippen LogP) is 2.36. The zero-order valence-corrected chi connectivity index (χ0v) is 13.3. The van der Waals surface area contributed by atoms with Gasteiger partial charge in [-0.3, -0.25) is 4.79 Å². The number of hydrogen-bond acceptors (Lipinski definition) is 4. The molecule has 0 radical (unpaired) electrons. The molecule has 1 saturated heterocycles. The number of nitrogens with one attached hydrogen (secondary N) is 1. The lowest BCUT2D eigenvalue weighted by Crippen LogP contribution is -2.44. The van der Waals surface area contributed by atoms with Crippen molar-refractivity contribution in [3.8, 4) is 0 Å². The highest BCUT2D eigenvalue weighted by molar-refractivity contribution is 6.03. The maximum Gasteiger partial charge on any atom is 0.274 e. The maximum atomic E-state index is 13.6. The summed E-state index contributed by atoms with van der Waals surface area (Å²) in [6.07, 6.45) is 0. The minimum absolute atomic E-state index is 0.0757. The molecule has 1 amide bonds. The molecule has 1 aliphatic heterocycles. The van der Waals surface area contributed by atoms with Gasteiger partial charge < -0.3 is 15.1 Å². The van der Waals surface area contributed by atoms with Crippen LogP contribution in [0.5, 0.6) is 0 Å². The topological polar surface area (TPSA) is 48.5 Å². The lowest BCUT2D eigenvalue weighted by atomic mass is 10.2. The van der Waals surface area contributed by atoms with Gasteiger partial charge in [-0.05, 0) is 31.3 Å². The van der Waals surface area contributed by atoms with Crippen molar-refractivity contribution in [2.24, 2.45) is 0 Å².